The molecule has 1 saturated heterocycles. The number of hydrogen-bond acceptors (Lipinski definition) is 6. The molecule has 28 heavy (non-hydrogen) atoms. The van der Waals surface area contributed by atoms with Gasteiger partial charge in [0.1, 0.15) is 5.75 Å². The molecule has 1 amide bonds. The summed E-state index contributed by atoms with van der Waals surface area (Å²) in [6, 6.07) is 4.71. The second-order valence-electron chi connectivity index (χ2n) is 6.78. The van der Waals surface area contributed by atoms with Gasteiger partial charge in [0, 0.05) is 26.7 Å². The van der Waals surface area contributed by atoms with Crippen LogP contribution in [0.25, 0.3) is 0 Å². The minimum absolute atomic E-state index is 0.149. The van der Waals surface area contributed by atoms with Crippen LogP contribution >= 0.6 is 0 Å². The van der Waals surface area contributed by atoms with E-state index in [1.54, 1.807) is 19.1 Å². The van der Waals surface area contributed by atoms with E-state index in [4.69, 9.17) is 9.47 Å². The van der Waals surface area contributed by atoms with E-state index in [0.29, 0.717) is 18.9 Å². The number of rotatable bonds is 10. The molecule has 8 nitrogen and oxygen atoms in total. The van der Waals surface area contributed by atoms with Crippen molar-refractivity contribution in [3.05, 3.63) is 23.8 Å². The van der Waals surface area contributed by atoms with Crippen LogP contribution in [0.1, 0.15) is 18.9 Å². The molecule has 0 atom stereocenters. The zero-order valence-electron chi connectivity index (χ0n) is 16.9. The highest BCUT2D eigenvalue weighted by Crippen LogP contribution is 2.23. The van der Waals surface area contributed by atoms with Crippen LogP contribution in [-0.2, 0) is 19.6 Å². The molecule has 1 aliphatic heterocycles. The Labute approximate surface area is 167 Å². The lowest BCUT2D eigenvalue weighted by atomic mass is 10.2. The van der Waals surface area contributed by atoms with Crippen molar-refractivity contribution in [2.45, 2.75) is 25.2 Å². The molecule has 0 bridgehead atoms. The molecule has 0 aromatic heterocycles. The van der Waals surface area contributed by atoms with Gasteiger partial charge < -0.3 is 14.8 Å². The largest absolute Gasteiger partial charge is 0.494 e. The van der Waals surface area contributed by atoms with Crippen molar-refractivity contribution in [2.75, 3.05) is 59.6 Å². The number of nitrogens with zero attached hydrogens (tertiary/aromatic N) is 2. The Bertz CT molecular complexity index is 748. The van der Waals surface area contributed by atoms with Crippen LogP contribution in [0.4, 0.5) is 0 Å². The first-order chi connectivity index (χ1) is 13.3. The van der Waals surface area contributed by atoms with E-state index < -0.39 is 10.0 Å². The molecular weight excluding hydrogens is 382 g/mol. The Balaban J connectivity index is 1.82. The maximum Gasteiger partial charge on any atom is 0.243 e. The zero-order valence-corrected chi connectivity index (χ0v) is 17.8. The summed E-state index contributed by atoms with van der Waals surface area (Å²) in [5.41, 5.74) is 0.740. The van der Waals surface area contributed by atoms with Gasteiger partial charge in [0.25, 0.3) is 0 Å². The summed E-state index contributed by atoms with van der Waals surface area (Å²) in [6.07, 6.45) is 0.820. The third kappa shape index (κ3) is 6.44. The molecule has 1 aromatic rings. The topological polar surface area (TPSA) is 88.2 Å². The average Bonchev–Trinajstić information content (AvgIpc) is 2.67. The number of likely N-dealkylation sites (N-methyl/N-ethyl adjacent to an activating group) is 1. The molecule has 1 aromatic carbocycles. The standard InChI is InChI=1S/C19H31N3O5S/c1-4-27-18-7-6-17(14-16(18)2)28(24,25)21(3)15-19(23)20-8-5-9-22-10-12-26-13-11-22/h6-7,14H,4-5,8-13,15H2,1-3H3,(H,20,23). The lowest BCUT2D eigenvalue weighted by Crippen LogP contribution is -2.40. The van der Waals surface area contributed by atoms with Crippen LogP contribution in [-0.4, -0.2) is 83.1 Å². The fraction of sp³-hybridized carbons (Fsp3) is 0.632. The van der Waals surface area contributed by atoms with Crippen LogP contribution in [0.2, 0.25) is 0 Å². The number of ether oxygens (including phenoxy) is 2. The fourth-order valence-electron chi connectivity index (χ4n) is 2.98. The van der Waals surface area contributed by atoms with Gasteiger partial charge in [-0.1, -0.05) is 0 Å². The first kappa shape index (κ1) is 22.6. The summed E-state index contributed by atoms with van der Waals surface area (Å²) in [5.74, 6) is 0.345. The number of sulfonamides is 1. The number of morpholine rings is 1. The fourth-order valence-corrected chi connectivity index (χ4v) is 4.19. The van der Waals surface area contributed by atoms with Crippen molar-refractivity contribution >= 4 is 15.9 Å². The summed E-state index contributed by atoms with van der Waals surface area (Å²) in [7, 11) is -2.33. The second kappa shape index (κ2) is 10.8. The molecule has 1 aliphatic rings. The Morgan fingerprint density at radius 3 is 2.68 bits per heavy atom. The van der Waals surface area contributed by atoms with E-state index >= 15 is 0 Å². The Kier molecular flexibility index (Phi) is 8.68. The summed E-state index contributed by atoms with van der Waals surface area (Å²) < 4.78 is 37.2. The molecule has 0 unspecified atom stereocenters. The van der Waals surface area contributed by atoms with E-state index in [2.05, 4.69) is 10.2 Å². The van der Waals surface area contributed by atoms with Crippen molar-refractivity contribution in [3.8, 4) is 5.75 Å². The molecule has 0 saturated carbocycles. The van der Waals surface area contributed by atoms with Gasteiger partial charge in [-0.3, -0.25) is 9.69 Å². The van der Waals surface area contributed by atoms with Gasteiger partial charge >= 0.3 is 0 Å². The SMILES string of the molecule is CCOc1ccc(S(=O)(=O)N(C)CC(=O)NCCCN2CCOCC2)cc1C. The number of amides is 1. The molecule has 9 heteroatoms. The third-order valence-corrected chi connectivity index (χ3v) is 6.40. The van der Waals surface area contributed by atoms with Crippen molar-refractivity contribution in [1.29, 1.82) is 0 Å². The van der Waals surface area contributed by atoms with Gasteiger partial charge in [0.05, 0.1) is 31.3 Å². The molecule has 158 valence electrons. The average molecular weight is 414 g/mol. The van der Waals surface area contributed by atoms with Gasteiger partial charge in [0.15, 0.2) is 0 Å². The normalized spacial score (nSPS) is 15.6. The summed E-state index contributed by atoms with van der Waals surface area (Å²) >= 11 is 0. The van der Waals surface area contributed by atoms with E-state index in [-0.39, 0.29) is 17.3 Å². The summed E-state index contributed by atoms with van der Waals surface area (Å²) in [4.78, 5) is 14.6. The number of carbonyl (C=O) groups excluding carboxylic acids is 1. The lowest BCUT2D eigenvalue weighted by molar-refractivity contribution is -0.121. The van der Waals surface area contributed by atoms with Crippen LogP contribution < -0.4 is 10.1 Å². The van der Waals surface area contributed by atoms with Crippen molar-refractivity contribution in [3.63, 3.8) is 0 Å². The molecular formula is C19H31N3O5S. The van der Waals surface area contributed by atoms with Gasteiger partial charge in [-0.25, -0.2) is 8.42 Å². The van der Waals surface area contributed by atoms with E-state index in [1.807, 2.05) is 6.92 Å². The molecule has 1 fully saturated rings. The zero-order chi connectivity index (χ0) is 20.6. The van der Waals surface area contributed by atoms with Gasteiger partial charge in [-0.05, 0) is 50.6 Å². The number of aryl methyl sites for hydroxylation is 1. The molecule has 0 spiro atoms. The summed E-state index contributed by atoms with van der Waals surface area (Å²) in [5, 5.41) is 2.79. The minimum Gasteiger partial charge on any atom is -0.494 e. The first-order valence-electron chi connectivity index (χ1n) is 9.61. The second-order valence-corrected chi connectivity index (χ2v) is 8.82. The Hall–Kier alpha value is -1.68. The molecule has 1 N–H and O–H groups in total. The smallest absolute Gasteiger partial charge is 0.243 e. The number of hydrogen-bond donors (Lipinski definition) is 1. The predicted octanol–water partition coefficient (Wildman–Crippen LogP) is 0.853. The highest BCUT2D eigenvalue weighted by Gasteiger charge is 2.23. The third-order valence-electron chi connectivity index (χ3n) is 4.60. The lowest BCUT2D eigenvalue weighted by Gasteiger charge is -2.26. The van der Waals surface area contributed by atoms with Crippen molar-refractivity contribution < 1.29 is 22.7 Å². The van der Waals surface area contributed by atoms with E-state index in [0.717, 1.165) is 49.1 Å². The van der Waals surface area contributed by atoms with Crippen molar-refractivity contribution in [1.82, 2.24) is 14.5 Å². The number of nitrogens with one attached hydrogen (secondary N) is 1. The highest BCUT2D eigenvalue weighted by atomic mass is 32.2. The Morgan fingerprint density at radius 1 is 1.32 bits per heavy atom. The van der Waals surface area contributed by atoms with Crippen LogP contribution in [0.3, 0.4) is 0 Å². The van der Waals surface area contributed by atoms with E-state index in [1.165, 1.54) is 13.1 Å². The molecule has 2 rings (SSSR count). The monoisotopic (exact) mass is 413 g/mol. The molecule has 0 aliphatic carbocycles. The van der Waals surface area contributed by atoms with Crippen LogP contribution in [0.15, 0.2) is 23.1 Å². The van der Waals surface area contributed by atoms with Gasteiger partial charge in [0.2, 0.25) is 15.9 Å². The van der Waals surface area contributed by atoms with Gasteiger partial charge in [-0.15, -0.1) is 0 Å². The molecule has 0 radical (unpaired) electrons. The summed E-state index contributed by atoms with van der Waals surface area (Å²) in [6.45, 7) is 8.70. The first-order valence-corrected chi connectivity index (χ1v) is 11.0. The maximum absolute atomic E-state index is 12.7. The number of benzene rings is 1. The van der Waals surface area contributed by atoms with E-state index in [9.17, 15) is 13.2 Å². The number of carbonyl (C=O) groups is 1. The maximum atomic E-state index is 12.7. The predicted molar refractivity (Wildman–Crippen MR) is 107 cm³/mol. The van der Waals surface area contributed by atoms with Crippen LogP contribution in [0, 0.1) is 6.92 Å². The highest BCUT2D eigenvalue weighted by molar-refractivity contribution is 7.89. The van der Waals surface area contributed by atoms with Crippen molar-refractivity contribution in [2.24, 2.45) is 0 Å². The molecule has 1 heterocycles. The minimum atomic E-state index is -3.74. The quantitative estimate of drug-likeness (QED) is 0.572. The van der Waals surface area contributed by atoms with Crippen LogP contribution in [0.5, 0.6) is 5.75 Å². The van der Waals surface area contributed by atoms with Gasteiger partial charge in [-0.2, -0.15) is 4.31 Å². The Morgan fingerprint density at radius 2 is 2.04 bits per heavy atom.